The van der Waals surface area contributed by atoms with Gasteiger partial charge >= 0.3 is 0 Å². The molecular weight excluding hydrogens is 297 g/mol. The van der Waals surface area contributed by atoms with Crippen molar-refractivity contribution in [3.63, 3.8) is 0 Å². The Morgan fingerprint density at radius 1 is 1.33 bits per heavy atom. The number of hydrogen-bond acceptors (Lipinski definition) is 3. The number of halogens is 2. The summed E-state index contributed by atoms with van der Waals surface area (Å²) >= 11 is 3.33. The van der Waals surface area contributed by atoms with E-state index >= 15 is 0 Å². The quantitative estimate of drug-likeness (QED) is 0.923. The van der Waals surface area contributed by atoms with Gasteiger partial charge in [-0.25, -0.2) is 14.4 Å². The molecule has 94 valence electrons. The van der Waals surface area contributed by atoms with Gasteiger partial charge in [-0.3, -0.25) is 0 Å². The van der Waals surface area contributed by atoms with E-state index in [1.54, 1.807) is 19.1 Å². The first-order valence-electron chi connectivity index (χ1n) is 5.61. The van der Waals surface area contributed by atoms with Gasteiger partial charge in [0.05, 0.1) is 5.69 Å². The van der Waals surface area contributed by atoms with Crippen molar-refractivity contribution in [1.82, 2.24) is 9.97 Å². The number of rotatable bonds is 2. The Labute approximate surface area is 113 Å². The van der Waals surface area contributed by atoms with E-state index < -0.39 is 0 Å². The molecule has 2 rings (SSSR count). The number of nitrogens with two attached hydrogens (primary N) is 1. The van der Waals surface area contributed by atoms with E-state index in [0.717, 1.165) is 4.47 Å². The number of nitrogens with zero attached hydrogens (tertiary/aromatic N) is 2. The van der Waals surface area contributed by atoms with Crippen molar-refractivity contribution in [2.75, 3.05) is 5.73 Å². The number of anilines is 1. The van der Waals surface area contributed by atoms with Gasteiger partial charge in [-0.15, -0.1) is 0 Å². The molecule has 0 aliphatic carbocycles. The second-order valence-corrected chi connectivity index (χ2v) is 4.89. The summed E-state index contributed by atoms with van der Waals surface area (Å²) in [6.07, 6.45) is 0.660. The van der Waals surface area contributed by atoms with E-state index in [0.29, 0.717) is 34.9 Å². The van der Waals surface area contributed by atoms with Crippen LogP contribution in [0.3, 0.4) is 0 Å². The smallest absolute Gasteiger partial charge is 0.132 e. The van der Waals surface area contributed by atoms with Gasteiger partial charge in [0, 0.05) is 22.0 Å². The van der Waals surface area contributed by atoms with E-state index in [-0.39, 0.29) is 5.82 Å². The molecule has 0 amide bonds. The molecule has 0 atom stereocenters. The molecule has 0 aliphatic rings. The average molecular weight is 310 g/mol. The Balaban J connectivity index is 2.69. The molecule has 0 fully saturated rings. The van der Waals surface area contributed by atoms with Gasteiger partial charge in [-0.2, -0.15) is 0 Å². The lowest BCUT2D eigenvalue weighted by molar-refractivity contribution is 0.630. The predicted molar refractivity (Wildman–Crippen MR) is 73.7 cm³/mol. The molecule has 5 heteroatoms. The van der Waals surface area contributed by atoms with Crippen molar-refractivity contribution < 1.29 is 4.39 Å². The Kier molecular flexibility index (Phi) is 3.61. The zero-order valence-corrected chi connectivity index (χ0v) is 11.8. The molecule has 18 heavy (non-hydrogen) atoms. The van der Waals surface area contributed by atoms with Crippen molar-refractivity contribution in [3.8, 4) is 11.3 Å². The Morgan fingerprint density at radius 3 is 2.72 bits per heavy atom. The molecule has 2 N–H and O–H groups in total. The van der Waals surface area contributed by atoms with Crippen LogP contribution in [0.15, 0.2) is 22.7 Å². The van der Waals surface area contributed by atoms with Crippen molar-refractivity contribution >= 4 is 21.7 Å². The molecule has 2 aromatic rings. The third-order valence-corrected chi connectivity index (χ3v) is 3.22. The van der Waals surface area contributed by atoms with Crippen LogP contribution >= 0.6 is 15.9 Å². The summed E-state index contributed by atoms with van der Waals surface area (Å²) in [6.45, 7) is 3.73. The number of nitrogen functional groups attached to an aromatic ring is 1. The summed E-state index contributed by atoms with van der Waals surface area (Å²) < 4.78 is 14.7. The molecule has 1 heterocycles. The van der Waals surface area contributed by atoms with Crippen LogP contribution in [0.4, 0.5) is 10.2 Å². The van der Waals surface area contributed by atoms with Gasteiger partial charge in [-0.1, -0.05) is 22.9 Å². The topological polar surface area (TPSA) is 51.8 Å². The Hall–Kier alpha value is -1.49. The lowest BCUT2D eigenvalue weighted by Gasteiger charge is -2.10. The fourth-order valence-electron chi connectivity index (χ4n) is 1.68. The average Bonchev–Trinajstić information content (AvgIpc) is 2.35. The van der Waals surface area contributed by atoms with Crippen LogP contribution in [-0.2, 0) is 6.42 Å². The number of hydrogen-bond donors (Lipinski definition) is 1. The van der Waals surface area contributed by atoms with Gasteiger partial charge < -0.3 is 5.73 Å². The summed E-state index contributed by atoms with van der Waals surface area (Å²) in [7, 11) is 0. The molecule has 0 radical (unpaired) electrons. The zero-order chi connectivity index (χ0) is 13.3. The highest BCUT2D eigenvalue weighted by molar-refractivity contribution is 9.10. The molecule has 0 aliphatic heterocycles. The van der Waals surface area contributed by atoms with Crippen LogP contribution in [0.2, 0.25) is 0 Å². The highest BCUT2D eigenvalue weighted by atomic mass is 79.9. The maximum atomic E-state index is 13.9. The standard InChI is InChI=1S/C13H13BrFN3/c1-3-11-17-12(7(2)13(16)18-11)9-6-8(14)4-5-10(9)15/h4-6H,3H2,1-2H3,(H2,16,17,18). The molecule has 1 aromatic carbocycles. The maximum Gasteiger partial charge on any atom is 0.132 e. The molecule has 1 aromatic heterocycles. The largest absolute Gasteiger partial charge is 0.383 e. The zero-order valence-electron chi connectivity index (χ0n) is 10.2. The minimum atomic E-state index is -0.318. The van der Waals surface area contributed by atoms with Gasteiger partial charge in [0.2, 0.25) is 0 Å². The van der Waals surface area contributed by atoms with Crippen LogP contribution in [0.25, 0.3) is 11.3 Å². The van der Waals surface area contributed by atoms with Gasteiger partial charge in [0.25, 0.3) is 0 Å². The van der Waals surface area contributed by atoms with Crippen molar-refractivity contribution in [3.05, 3.63) is 39.9 Å². The van der Waals surface area contributed by atoms with Crippen LogP contribution in [-0.4, -0.2) is 9.97 Å². The first-order valence-corrected chi connectivity index (χ1v) is 6.40. The lowest BCUT2D eigenvalue weighted by Crippen LogP contribution is -2.05. The molecule has 0 bridgehead atoms. The Morgan fingerprint density at radius 2 is 2.06 bits per heavy atom. The van der Waals surface area contributed by atoms with E-state index in [1.807, 2.05) is 6.92 Å². The fourth-order valence-corrected chi connectivity index (χ4v) is 2.04. The molecular formula is C13H13BrFN3. The molecule has 0 unspecified atom stereocenters. The van der Waals surface area contributed by atoms with Crippen LogP contribution in [0.1, 0.15) is 18.3 Å². The van der Waals surface area contributed by atoms with Crippen molar-refractivity contribution in [2.45, 2.75) is 20.3 Å². The highest BCUT2D eigenvalue weighted by Crippen LogP contribution is 2.29. The van der Waals surface area contributed by atoms with Crippen LogP contribution in [0, 0.1) is 12.7 Å². The van der Waals surface area contributed by atoms with E-state index in [9.17, 15) is 4.39 Å². The van der Waals surface area contributed by atoms with Gasteiger partial charge in [0.15, 0.2) is 0 Å². The second-order valence-electron chi connectivity index (χ2n) is 3.98. The fraction of sp³-hybridized carbons (Fsp3) is 0.231. The summed E-state index contributed by atoms with van der Waals surface area (Å²) in [5.74, 6) is 0.699. The SMILES string of the molecule is CCc1nc(N)c(C)c(-c2cc(Br)ccc2F)n1. The van der Waals surface area contributed by atoms with Gasteiger partial charge in [0.1, 0.15) is 17.5 Å². The summed E-state index contributed by atoms with van der Waals surface area (Å²) in [5, 5.41) is 0. The minimum Gasteiger partial charge on any atom is -0.383 e. The van der Waals surface area contributed by atoms with E-state index in [4.69, 9.17) is 5.73 Å². The molecule has 0 saturated heterocycles. The summed E-state index contributed by atoms with van der Waals surface area (Å²) in [5.41, 5.74) is 7.53. The summed E-state index contributed by atoms with van der Waals surface area (Å²) in [4.78, 5) is 8.53. The third kappa shape index (κ3) is 2.36. The van der Waals surface area contributed by atoms with Gasteiger partial charge in [-0.05, 0) is 25.1 Å². The molecule has 0 spiro atoms. The second kappa shape index (κ2) is 5.02. The minimum absolute atomic E-state index is 0.318. The monoisotopic (exact) mass is 309 g/mol. The highest BCUT2D eigenvalue weighted by Gasteiger charge is 2.14. The van der Waals surface area contributed by atoms with E-state index in [2.05, 4.69) is 25.9 Å². The van der Waals surface area contributed by atoms with Crippen molar-refractivity contribution in [1.29, 1.82) is 0 Å². The summed E-state index contributed by atoms with van der Waals surface area (Å²) in [6, 6.07) is 4.76. The number of aromatic nitrogens is 2. The van der Waals surface area contributed by atoms with E-state index in [1.165, 1.54) is 6.07 Å². The normalized spacial score (nSPS) is 10.7. The van der Waals surface area contributed by atoms with Crippen molar-refractivity contribution in [2.24, 2.45) is 0 Å². The Bertz CT molecular complexity index is 599. The number of benzene rings is 1. The lowest BCUT2D eigenvalue weighted by atomic mass is 10.1. The predicted octanol–water partition coefficient (Wildman–Crippen LogP) is 3.50. The van der Waals surface area contributed by atoms with Crippen LogP contribution in [0.5, 0.6) is 0 Å². The first kappa shape index (κ1) is 13.0. The molecule has 0 saturated carbocycles. The molecule has 3 nitrogen and oxygen atoms in total. The first-order chi connectivity index (χ1) is 8.52. The third-order valence-electron chi connectivity index (χ3n) is 2.73. The van der Waals surface area contributed by atoms with Crippen LogP contribution < -0.4 is 5.73 Å². The number of aryl methyl sites for hydroxylation is 1. The maximum absolute atomic E-state index is 13.9.